The van der Waals surface area contributed by atoms with Gasteiger partial charge in [-0.2, -0.15) is 5.10 Å². The van der Waals surface area contributed by atoms with Crippen molar-refractivity contribution in [2.24, 2.45) is 5.10 Å². The van der Waals surface area contributed by atoms with Crippen LogP contribution in [0.2, 0.25) is 0 Å². The van der Waals surface area contributed by atoms with E-state index in [0.29, 0.717) is 17.8 Å². The molecule has 0 bridgehead atoms. The van der Waals surface area contributed by atoms with E-state index in [1.165, 1.54) is 0 Å². The normalized spacial score (nSPS) is 19.7. The number of fused-ring (bicyclic) bond motifs is 3. The lowest BCUT2D eigenvalue weighted by Crippen LogP contribution is -2.20. The van der Waals surface area contributed by atoms with Crippen molar-refractivity contribution in [3.05, 3.63) is 71.4 Å². The van der Waals surface area contributed by atoms with Crippen molar-refractivity contribution in [2.75, 3.05) is 0 Å². The second-order valence-corrected chi connectivity index (χ2v) is 7.00. The largest absolute Gasteiger partial charge is 0.299 e. The summed E-state index contributed by atoms with van der Waals surface area (Å²) < 4.78 is 1.75. The number of carbonyl (C=O) groups is 2. The molecule has 128 valence electrons. The molecule has 4 nitrogen and oxygen atoms in total. The predicted molar refractivity (Wildman–Crippen MR) is 101 cm³/mol. The van der Waals surface area contributed by atoms with Crippen molar-refractivity contribution < 1.29 is 9.59 Å². The number of hydrogen-bond acceptors (Lipinski definition) is 3. The van der Waals surface area contributed by atoms with Gasteiger partial charge in [-0.3, -0.25) is 9.59 Å². The van der Waals surface area contributed by atoms with Crippen LogP contribution in [0.3, 0.4) is 0 Å². The van der Waals surface area contributed by atoms with Gasteiger partial charge in [0.1, 0.15) is 17.2 Å². The molecule has 0 amide bonds. The molecule has 1 atom stereocenters. The van der Waals surface area contributed by atoms with Crippen LogP contribution in [0.5, 0.6) is 0 Å². The van der Waals surface area contributed by atoms with Gasteiger partial charge >= 0.3 is 0 Å². The van der Waals surface area contributed by atoms with Gasteiger partial charge in [-0.1, -0.05) is 55.0 Å². The summed E-state index contributed by atoms with van der Waals surface area (Å²) in [5, 5.41) is 5.62. The Bertz CT molecular complexity index is 1080. The Labute approximate surface area is 151 Å². The second kappa shape index (κ2) is 5.77. The minimum atomic E-state index is -0.195. The molecule has 2 heterocycles. The Hall–Kier alpha value is -3.01. The Morgan fingerprint density at radius 2 is 1.69 bits per heavy atom. The summed E-state index contributed by atoms with van der Waals surface area (Å²) in [5.41, 5.74) is 3.62. The van der Waals surface area contributed by atoms with Crippen molar-refractivity contribution in [1.29, 1.82) is 0 Å². The number of hydrogen-bond donors (Lipinski definition) is 0. The summed E-state index contributed by atoms with van der Waals surface area (Å²) in [6, 6.07) is 17.4. The lowest BCUT2D eigenvalue weighted by atomic mass is 9.81. The van der Waals surface area contributed by atoms with Crippen LogP contribution in [0.25, 0.3) is 10.9 Å². The highest BCUT2D eigenvalue weighted by atomic mass is 16.1. The molecule has 4 heteroatoms. The minimum absolute atomic E-state index is 0.0826. The number of ketones is 2. The van der Waals surface area contributed by atoms with E-state index >= 15 is 0 Å². The topological polar surface area (TPSA) is 51.4 Å². The fraction of sp³-hybridized carbons (Fsp3) is 0.227. The summed E-state index contributed by atoms with van der Waals surface area (Å²) in [6.07, 6.45) is 3.39. The van der Waals surface area contributed by atoms with E-state index in [1.54, 1.807) is 4.68 Å². The van der Waals surface area contributed by atoms with E-state index < -0.39 is 0 Å². The molecule has 0 N–H and O–H groups in total. The lowest BCUT2D eigenvalue weighted by Gasteiger charge is -2.21. The zero-order valence-electron chi connectivity index (χ0n) is 14.3. The van der Waals surface area contributed by atoms with E-state index in [2.05, 4.69) is 5.10 Å². The van der Waals surface area contributed by atoms with Crippen molar-refractivity contribution in [1.82, 2.24) is 4.68 Å². The number of para-hydroxylation sites is 1. The Morgan fingerprint density at radius 3 is 2.50 bits per heavy atom. The van der Waals surface area contributed by atoms with Crippen LogP contribution in [0.15, 0.2) is 59.7 Å². The average molecular weight is 342 g/mol. The Morgan fingerprint density at radius 1 is 0.923 bits per heavy atom. The number of nitrogens with zero attached hydrogens (tertiary/aromatic N) is 2. The second-order valence-electron chi connectivity index (χ2n) is 7.00. The molecule has 0 radical (unpaired) electrons. The summed E-state index contributed by atoms with van der Waals surface area (Å²) in [4.78, 5) is 25.9. The number of carbonyl (C=O) groups excluding carboxylic acids is 2. The van der Waals surface area contributed by atoms with Gasteiger partial charge in [0.25, 0.3) is 0 Å². The van der Waals surface area contributed by atoms with Gasteiger partial charge in [-0.25, -0.2) is 4.68 Å². The fourth-order valence-electron chi connectivity index (χ4n) is 4.25. The summed E-state index contributed by atoms with van der Waals surface area (Å²) in [5.74, 6) is -0.0312. The average Bonchev–Trinajstić information content (AvgIpc) is 3.18. The molecule has 1 aliphatic heterocycles. The van der Waals surface area contributed by atoms with Crippen LogP contribution >= 0.6 is 0 Å². The van der Waals surface area contributed by atoms with E-state index in [-0.39, 0.29) is 17.5 Å². The first kappa shape index (κ1) is 15.3. The molecule has 1 saturated carbocycles. The maximum Gasteiger partial charge on any atom is 0.232 e. The zero-order chi connectivity index (χ0) is 17.7. The molecule has 1 fully saturated rings. The maximum absolute atomic E-state index is 13.3. The maximum atomic E-state index is 13.3. The van der Waals surface area contributed by atoms with Crippen LogP contribution in [0, 0.1) is 0 Å². The molecule has 1 unspecified atom stereocenters. The highest BCUT2D eigenvalue weighted by molar-refractivity contribution is 6.53. The third-order valence-electron chi connectivity index (χ3n) is 5.47. The molecule has 2 aliphatic rings. The van der Waals surface area contributed by atoms with Gasteiger partial charge in [0, 0.05) is 28.9 Å². The van der Waals surface area contributed by atoms with Crippen molar-refractivity contribution in [2.45, 2.75) is 31.6 Å². The van der Waals surface area contributed by atoms with Gasteiger partial charge in [0.2, 0.25) is 5.78 Å². The van der Waals surface area contributed by atoms with Gasteiger partial charge in [-0.05, 0) is 18.9 Å². The van der Waals surface area contributed by atoms with E-state index in [0.717, 1.165) is 41.3 Å². The first-order valence-electron chi connectivity index (χ1n) is 9.11. The van der Waals surface area contributed by atoms with Gasteiger partial charge in [0.15, 0.2) is 0 Å². The van der Waals surface area contributed by atoms with Crippen molar-refractivity contribution in [3.8, 4) is 0 Å². The molecule has 1 aromatic heterocycles. The summed E-state index contributed by atoms with van der Waals surface area (Å²) in [7, 11) is 0. The molecule has 5 rings (SSSR count). The minimum Gasteiger partial charge on any atom is -0.299 e. The lowest BCUT2D eigenvalue weighted by molar-refractivity contribution is -0.121. The first-order valence-corrected chi connectivity index (χ1v) is 9.11. The Kier molecular flexibility index (Phi) is 3.38. The summed E-state index contributed by atoms with van der Waals surface area (Å²) >= 11 is 0. The fourth-order valence-corrected chi connectivity index (χ4v) is 4.25. The molecule has 2 aromatic carbocycles. The predicted octanol–water partition coefficient (Wildman–Crippen LogP) is 4.32. The molecular formula is C22H18N2O2. The molecular weight excluding hydrogens is 324 g/mol. The highest BCUT2D eigenvalue weighted by Gasteiger charge is 2.37. The van der Waals surface area contributed by atoms with Crippen LogP contribution in [-0.4, -0.2) is 22.0 Å². The first-order chi connectivity index (χ1) is 12.8. The number of rotatable bonds is 2. The van der Waals surface area contributed by atoms with Gasteiger partial charge in [-0.15, -0.1) is 0 Å². The monoisotopic (exact) mass is 342 g/mol. The van der Waals surface area contributed by atoms with E-state index in [4.69, 9.17) is 0 Å². The van der Waals surface area contributed by atoms with E-state index in [1.807, 2.05) is 54.6 Å². The zero-order valence-corrected chi connectivity index (χ0v) is 14.3. The van der Waals surface area contributed by atoms with E-state index in [9.17, 15) is 9.59 Å². The van der Waals surface area contributed by atoms with Crippen molar-refractivity contribution in [3.63, 3.8) is 0 Å². The van der Waals surface area contributed by atoms with Crippen LogP contribution in [0.4, 0.5) is 0 Å². The summed E-state index contributed by atoms with van der Waals surface area (Å²) in [6.45, 7) is 0. The highest BCUT2D eigenvalue weighted by Crippen LogP contribution is 2.40. The van der Waals surface area contributed by atoms with Crippen LogP contribution in [0.1, 0.15) is 53.2 Å². The molecule has 0 spiro atoms. The molecule has 3 aromatic rings. The van der Waals surface area contributed by atoms with Gasteiger partial charge in [0.05, 0.1) is 5.52 Å². The number of benzene rings is 2. The van der Waals surface area contributed by atoms with Crippen molar-refractivity contribution >= 4 is 28.2 Å². The molecule has 1 aliphatic carbocycles. The quantitative estimate of drug-likeness (QED) is 0.696. The SMILES string of the molecule is O=C1C(c2ccccc2)=Nn2c1c(C1CCCCC1=O)c1ccccc12. The smallest absolute Gasteiger partial charge is 0.232 e. The van der Waals surface area contributed by atoms with Crippen LogP contribution in [-0.2, 0) is 4.79 Å². The third-order valence-corrected chi connectivity index (χ3v) is 5.47. The standard InChI is InChI=1S/C22H18N2O2/c25-18-13-7-5-11-16(18)19-15-10-4-6-12-17(15)24-21(19)22(26)20(23-24)14-8-2-1-3-9-14/h1-4,6,8-10,12,16H,5,7,11,13H2. The Balaban J connectivity index is 1.74. The van der Waals surface area contributed by atoms with Crippen LogP contribution < -0.4 is 0 Å². The third kappa shape index (κ3) is 2.11. The van der Waals surface area contributed by atoms with Gasteiger partial charge < -0.3 is 0 Å². The molecule has 26 heavy (non-hydrogen) atoms. The molecule has 0 saturated heterocycles. The number of aromatic nitrogens is 1. The number of Topliss-reactive ketones (excluding diaryl/α,β-unsaturated/α-hetero) is 2.